The molecule has 0 aliphatic carbocycles. The second-order valence-corrected chi connectivity index (χ2v) is 2.26. The molecule has 0 bridgehead atoms. The Kier molecular flexibility index (Phi) is 5.54. The minimum Gasteiger partial charge on any atom is -0.202 e. The van der Waals surface area contributed by atoms with Crippen LogP contribution in [0.15, 0.2) is 0 Å². The molecule has 0 fully saturated rings. The molecule has 1 aromatic carbocycles. The van der Waals surface area contributed by atoms with Gasteiger partial charge in [0.15, 0.2) is 23.3 Å². The van der Waals surface area contributed by atoms with Crippen molar-refractivity contribution in [3.8, 4) is 0 Å². The van der Waals surface area contributed by atoms with Gasteiger partial charge in [0, 0.05) is 0 Å². The Bertz CT molecular complexity index is 238. The molecule has 0 amide bonds. The monoisotopic (exact) mass is 270 g/mol. The average Bonchev–Trinajstić information content (AvgIpc) is 2.24. The largest absolute Gasteiger partial charge is 0.202 e. The summed E-state index contributed by atoms with van der Waals surface area (Å²) in [4.78, 5) is 0. The summed E-state index contributed by atoms with van der Waals surface area (Å²) in [6, 6.07) is 0. The van der Waals surface area contributed by atoms with Crippen LogP contribution < -0.4 is 0 Å². The lowest BCUT2D eigenvalue weighted by Gasteiger charge is -2.00. The van der Waals surface area contributed by atoms with Crippen LogP contribution in [0.25, 0.3) is 0 Å². The molecule has 1 aromatic rings. The van der Waals surface area contributed by atoms with Gasteiger partial charge in [-0.25, -0.2) is 22.0 Å². The predicted molar refractivity (Wildman–Crippen MR) is 46.1 cm³/mol. The second-order valence-electron chi connectivity index (χ2n) is 1.88. The normalized spacial score (nSPS) is 9.43. The first-order chi connectivity index (χ1) is 6.46. The van der Waals surface area contributed by atoms with Crippen molar-refractivity contribution in [3.05, 3.63) is 34.1 Å². The standard InChI is InChI=1S/C6ClF5.ClHS/c7-1-2(8)4(10)6(12)5(11)3(1)9;1-2/h;2H. The Hall–Kier alpha value is -0.200. The van der Waals surface area contributed by atoms with Gasteiger partial charge >= 0.3 is 0 Å². The molecule has 8 heteroatoms. The van der Waals surface area contributed by atoms with E-state index in [9.17, 15) is 22.0 Å². The van der Waals surface area contributed by atoms with E-state index in [2.05, 4.69) is 22.5 Å². The van der Waals surface area contributed by atoms with Crippen molar-refractivity contribution in [2.75, 3.05) is 0 Å². The molecule has 0 spiro atoms. The topological polar surface area (TPSA) is 0 Å². The Labute approximate surface area is 90.5 Å². The summed E-state index contributed by atoms with van der Waals surface area (Å²) in [6.45, 7) is 0. The highest BCUT2D eigenvalue weighted by Gasteiger charge is 2.24. The smallest absolute Gasteiger partial charge is 0.200 e. The molecule has 1 rings (SSSR count). The molecule has 14 heavy (non-hydrogen) atoms. The van der Waals surface area contributed by atoms with Gasteiger partial charge in [-0.1, -0.05) is 23.4 Å². The van der Waals surface area contributed by atoms with Gasteiger partial charge in [-0.2, -0.15) is 0 Å². The number of rotatable bonds is 0. The summed E-state index contributed by atoms with van der Waals surface area (Å²) >= 11 is 7.76. The highest BCUT2D eigenvalue weighted by molar-refractivity contribution is 8.05. The molecule has 80 valence electrons. The molecule has 0 atom stereocenters. The fraction of sp³-hybridized carbons (Fsp3) is 0. The number of hydrogen-bond donors (Lipinski definition) is 1. The molecule has 0 aliphatic rings. The maximum atomic E-state index is 12.3. The number of hydrogen-bond acceptors (Lipinski definition) is 1. The SMILES string of the molecule is Fc1c(F)c(F)c(Cl)c(F)c1F.SCl. The zero-order chi connectivity index (χ0) is 11.5. The van der Waals surface area contributed by atoms with Crippen LogP contribution in [0.5, 0.6) is 0 Å². The van der Waals surface area contributed by atoms with Gasteiger partial charge in [0.2, 0.25) is 5.82 Å². The van der Waals surface area contributed by atoms with E-state index in [-0.39, 0.29) is 0 Å². The third kappa shape index (κ3) is 2.43. The van der Waals surface area contributed by atoms with Crippen molar-refractivity contribution in [1.29, 1.82) is 0 Å². The van der Waals surface area contributed by atoms with E-state index in [0.29, 0.717) is 0 Å². The molecule has 0 saturated carbocycles. The van der Waals surface area contributed by atoms with E-state index in [4.69, 9.17) is 11.6 Å². The zero-order valence-corrected chi connectivity index (χ0v) is 8.50. The van der Waals surface area contributed by atoms with E-state index < -0.39 is 34.1 Å². The van der Waals surface area contributed by atoms with Crippen LogP contribution in [0.1, 0.15) is 0 Å². The van der Waals surface area contributed by atoms with Crippen LogP contribution in [0, 0.1) is 29.1 Å². The highest BCUT2D eigenvalue weighted by atomic mass is 35.7. The minimum absolute atomic E-state index is 1.40. The number of thiol groups is 1. The first-order valence-corrected chi connectivity index (χ1v) is 4.53. The van der Waals surface area contributed by atoms with Crippen molar-refractivity contribution in [3.63, 3.8) is 0 Å². The molecule has 0 aliphatic heterocycles. The third-order valence-corrected chi connectivity index (χ3v) is 1.49. The molecular formula is C6HCl2F5S. The molecule has 0 heterocycles. The van der Waals surface area contributed by atoms with Gasteiger partial charge in [-0.05, 0) is 10.7 Å². The first-order valence-electron chi connectivity index (χ1n) is 2.80. The Morgan fingerprint density at radius 2 is 0.857 bits per heavy atom. The number of benzene rings is 1. The summed E-state index contributed by atoms with van der Waals surface area (Å²) in [5, 5.41) is -1.40. The van der Waals surface area contributed by atoms with E-state index >= 15 is 0 Å². The van der Waals surface area contributed by atoms with Crippen LogP contribution in [0.3, 0.4) is 0 Å². The van der Waals surface area contributed by atoms with Gasteiger partial charge in [-0.3, -0.25) is 0 Å². The van der Waals surface area contributed by atoms with Crippen LogP contribution in [0.4, 0.5) is 22.0 Å². The van der Waals surface area contributed by atoms with Crippen molar-refractivity contribution < 1.29 is 22.0 Å². The van der Waals surface area contributed by atoms with Crippen LogP contribution in [0.2, 0.25) is 5.02 Å². The molecule has 0 aromatic heterocycles. The van der Waals surface area contributed by atoms with E-state index in [1.165, 1.54) is 0 Å². The average molecular weight is 271 g/mol. The summed E-state index contributed by atoms with van der Waals surface area (Å²) < 4.78 is 61.1. The van der Waals surface area contributed by atoms with Gasteiger partial charge in [-0.15, -0.1) is 0 Å². The van der Waals surface area contributed by atoms with E-state index in [1.807, 2.05) is 0 Å². The summed E-state index contributed by atoms with van der Waals surface area (Å²) in [6.07, 6.45) is 0. The van der Waals surface area contributed by atoms with E-state index in [0.717, 1.165) is 0 Å². The van der Waals surface area contributed by atoms with Crippen molar-refractivity contribution in [2.24, 2.45) is 0 Å². The van der Waals surface area contributed by atoms with Gasteiger partial charge < -0.3 is 0 Å². The van der Waals surface area contributed by atoms with Crippen molar-refractivity contribution >= 4 is 34.1 Å². The molecular weight excluding hydrogens is 270 g/mol. The molecule has 0 N–H and O–H groups in total. The summed E-state index contributed by atoms with van der Waals surface area (Å²) in [7, 11) is 4.33. The van der Waals surface area contributed by atoms with Crippen LogP contribution in [-0.4, -0.2) is 0 Å². The highest BCUT2D eigenvalue weighted by Crippen LogP contribution is 2.26. The molecule has 0 nitrogen and oxygen atoms in total. The summed E-state index contributed by atoms with van der Waals surface area (Å²) in [5.74, 6) is -10.3. The molecule has 0 unspecified atom stereocenters. The maximum absolute atomic E-state index is 12.3. The quantitative estimate of drug-likeness (QED) is 0.312. The summed E-state index contributed by atoms with van der Waals surface area (Å²) in [5.41, 5.74) is 0. The molecule has 0 saturated heterocycles. The van der Waals surface area contributed by atoms with Crippen molar-refractivity contribution in [1.82, 2.24) is 0 Å². The maximum Gasteiger partial charge on any atom is 0.200 e. The lowest BCUT2D eigenvalue weighted by Crippen LogP contribution is -2.00. The fourth-order valence-electron chi connectivity index (χ4n) is 0.578. The minimum atomic E-state index is -2.21. The zero-order valence-electron chi connectivity index (χ0n) is 6.09. The Balaban J connectivity index is 0.000000791. The van der Waals surface area contributed by atoms with Crippen LogP contribution >= 0.6 is 34.1 Å². The number of halogens is 7. The lowest BCUT2D eigenvalue weighted by atomic mass is 10.3. The Morgan fingerprint density at radius 3 is 1.14 bits per heavy atom. The predicted octanol–water partition coefficient (Wildman–Crippen LogP) is 4.11. The molecule has 0 radical (unpaired) electrons. The second kappa shape index (κ2) is 5.63. The Morgan fingerprint density at radius 1 is 0.643 bits per heavy atom. The van der Waals surface area contributed by atoms with Gasteiger partial charge in [0.05, 0.1) is 0 Å². The van der Waals surface area contributed by atoms with Crippen LogP contribution in [-0.2, 0) is 0 Å². The fourth-order valence-corrected chi connectivity index (χ4v) is 0.744. The van der Waals surface area contributed by atoms with E-state index in [1.54, 1.807) is 0 Å². The first kappa shape index (κ1) is 13.8. The van der Waals surface area contributed by atoms with Gasteiger partial charge in [0.25, 0.3) is 0 Å². The van der Waals surface area contributed by atoms with Gasteiger partial charge in [0.1, 0.15) is 5.02 Å². The van der Waals surface area contributed by atoms with Crippen molar-refractivity contribution in [2.45, 2.75) is 0 Å². The third-order valence-electron chi connectivity index (χ3n) is 1.16. The lowest BCUT2D eigenvalue weighted by molar-refractivity contribution is 0.379.